The van der Waals surface area contributed by atoms with Crippen molar-refractivity contribution in [2.45, 2.75) is 25.0 Å². The Morgan fingerprint density at radius 3 is 2.93 bits per heavy atom. The van der Waals surface area contributed by atoms with Crippen molar-refractivity contribution < 1.29 is 24.2 Å². The fourth-order valence-electron chi connectivity index (χ4n) is 1.31. The molecule has 0 bridgehead atoms. The molecule has 1 aliphatic heterocycles. The third-order valence-electron chi connectivity index (χ3n) is 2.06. The van der Waals surface area contributed by atoms with E-state index in [9.17, 15) is 14.7 Å². The summed E-state index contributed by atoms with van der Waals surface area (Å²) in [7, 11) is 1.45. The maximum atomic E-state index is 11.3. The highest BCUT2D eigenvalue weighted by atomic mass is 16.5. The van der Waals surface area contributed by atoms with Crippen molar-refractivity contribution in [3.63, 3.8) is 0 Å². The summed E-state index contributed by atoms with van der Waals surface area (Å²) >= 11 is 0. The van der Waals surface area contributed by atoms with Gasteiger partial charge in [0.2, 0.25) is 5.91 Å². The first kappa shape index (κ1) is 11.9. The Hall–Kier alpha value is -1.14. The van der Waals surface area contributed by atoms with Gasteiger partial charge in [-0.2, -0.15) is 0 Å². The zero-order valence-electron chi connectivity index (χ0n) is 8.56. The van der Waals surface area contributed by atoms with Crippen LogP contribution in [0.25, 0.3) is 0 Å². The molecule has 1 heterocycles. The number of methoxy groups -OCH3 is 1. The molecule has 2 atom stereocenters. The van der Waals surface area contributed by atoms with Gasteiger partial charge in [-0.15, -0.1) is 0 Å². The molecule has 0 aromatic carbocycles. The molecule has 86 valence electrons. The molecule has 0 aromatic rings. The molecule has 1 rings (SSSR count). The molecule has 6 heteroatoms. The summed E-state index contributed by atoms with van der Waals surface area (Å²) in [5, 5.41) is 11.7. The van der Waals surface area contributed by atoms with Gasteiger partial charge in [-0.1, -0.05) is 0 Å². The van der Waals surface area contributed by atoms with E-state index in [0.717, 1.165) is 0 Å². The van der Waals surface area contributed by atoms with E-state index in [0.29, 0.717) is 12.8 Å². The minimum Gasteiger partial charge on any atom is -0.461 e. The quantitative estimate of drug-likeness (QED) is 0.566. The van der Waals surface area contributed by atoms with Crippen LogP contribution in [-0.4, -0.2) is 49.5 Å². The number of ether oxygens (including phenoxy) is 2. The smallest absolute Gasteiger partial charge is 0.328 e. The van der Waals surface area contributed by atoms with Gasteiger partial charge in [0.15, 0.2) is 0 Å². The molecule has 2 N–H and O–H groups in total. The Morgan fingerprint density at radius 2 is 2.40 bits per heavy atom. The lowest BCUT2D eigenvalue weighted by atomic mass is 10.2. The van der Waals surface area contributed by atoms with E-state index in [1.807, 2.05) is 0 Å². The molecular weight excluding hydrogens is 202 g/mol. The maximum Gasteiger partial charge on any atom is 0.328 e. The lowest BCUT2D eigenvalue weighted by Gasteiger charge is -2.13. The van der Waals surface area contributed by atoms with Gasteiger partial charge >= 0.3 is 5.97 Å². The van der Waals surface area contributed by atoms with E-state index >= 15 is 0 Å². The first-order valence-corrected chi connectivity index (χ1v) is 4.76. The Morgan fingerprint density at radius 1 is 1.67 bits per heavy atom. The molecule has 1 aliphatic rings. The summed E-state index contributed by atoms with van der Waals surface area (Å²) in [6.07, 6.45) is -0.0191. The van der Waals surface area contributed by atoms with Gasteiger partial charge in [-0.25, -0.2) is 4.79 Å². The summed E-state index contributed by atoms with van der Waals surface area (Å²) in [6.45, 7) is 0.00332. The number of amides is 1. The number of aliphatic hydroxyl groups is 1. The summed E-state index contributed by atoms with van der Waals surface area (Å²) < 4.78 is 9.47. The predicted molar refractivity (Wildman–Crippen MR) is 50.0 cm³/mol. The van der Waals surface area contributed by atoms with Crippen molar-refractivity contribution in [1.82, 2.24) is 5.32 Å². The van der Waals surface area contributed by atoms with Crippen LogP contribution < -0.4 is 5.32 Å². The number of rotatable bonds is 5. The maximum absolute atomic E-state index is 11.3. The van der Waals surface area contributed by atoms with Crippen molar-refractivity contribution in [1.29, 1.82) is 0 Å². The Labute approximate surface area is 87.5 Å². The molecule has 1 amide bonds. The largest absolute Gasteiger partial charge is 0.461 e. The normalized spacial score (nSPS) is 22.3. The molecule has 1 saturated heterocycles. The molecule has 0 radical (unpaired) electrons. The van der Waals surface area contributed by atoms with Crippen LogP contribution in [0.2, 0.25) is 0 Å². The zero-order valence-corrected chi connectivity index (χ0v) is 8.56. The van der Waals surface area contributed by atoms with E-state index in [2.05, 4.69) is 10.1 Å². The molecule has 2 unspecified atom stereocenters. The summed E-state index contributed by atoms with van der Waals surface area (Å²) in [5.74, 6) is -0.648. The van der Waals surface area contributed by atoms with Gasteiger partial charge < -0.3 is 19.9 Å². The summed E-state index contributed by atoms with van der Waals surface area (Å²) in [4.78, 5) is 22.1. The monoisotopic (exact) mass is 217 g/mol. The highest BCUT2D eigenvalue weighted by molar-refractivity contribution is 5.88. The van der Waals surface area contributed by atoms with E-state index in [1.54, 1.807) is 0 Å². The van der Waals surface area contributed by atoms with Crippen LogP contribution in [-0.2, 0) is 19.1 Å². The predicted octanol–water partition coefficient (Wildman–Crippen LogP) is -1.18. The van der Waals surface area contributed by atoms with Crippen LogP contribution in [0.15, 0.2) is 0 Å². The third-order valence-corrected chi connectivity index (χ3v) is 2.06. The number of hydrogen-bond acceptors (Lipinski definition) is 5. The average Bonchev–Trinajstić information content (AvgIpc) is 2.62. The van der Waals surface area contributed by atoms with Gasteiger partial charge in [0, 0.05) is 13.5 Å². The van der Waals surface area contributed by atoms with Crippen molar-refractivity contribution in [3.8, 4) is 0 Å². The molecule has 0 saturated carbocycles. The minimum atomic E-state index is -0.823. The molecule has 6 nitrogen and oxygen atoms in total. The van der Waals surface area contributed by atoms with Gasteiger partial charge in [-0.05, 0) is 6.42 Å². The number of nitrogens with one attached hydrogen (secondary N) is 1. The standard InChI is InChI=1S/C9H15NO5/c1-14-4-6(11)5-15-9(13)7-2-3-8(12)10-7/h6-7,11H,2-5H2,1H3,(H,10,12). The number of esters is 1. The number of carbonyl (C=O) groups excluding carboxylic acids is 2. The van der Waals surface area contributed by atoms with Gasteiger partial charge in [0.25, 0.3) is 0 Å². The van der Waals surface area contributed by atoms with E-state index < -0.39 is 18.1 Å². The van der Waals surface area contributed by atoms with Gasteiger partial charge in [-0.3, -0.25) is 4.79 Å². The molecule has 0 spiro atoms. The van der Waals surface area contributed by atoms with Crippen LogP contribution in [0.4, 0.5) is 0 Å². The SMILES string of the molecule is COCC(O)COC(=O)C1CCC(=O)N1. The van der Waals surface area contributed by atoms with Crippen molar-refractivity contribution in [2.24, 2.45) is 0 Å². The zero-order chi connectivity index (χ0) is 11.3. The van der Waals surface area contributed by atoms with Crippen LogP contribution in [0.1, 0.15) is 12.8 Å². The number of hydrogen-bond donors (Lipinski definition) is 2. The van der Waals surface area contributed by atoms with Crippen LogP contribution >= 0.6 is 0 Å². The minimum absolute atomic E-state index is 0.112. The average molecular weight is 217 g/mol. The first-order valence-electron chi connectivity index (χ1n) is 4.76. The van der Waals surface area contributed by atoms with Crippen LogP contribution in [0.5, 0.6) is 0 Å². The van der Waals surface area contributed by atoms with Gasteiger partial charge in [0.05, 0.1) is 6.61 Å². The highest BCUT2D eigenvalue weighted by Gasteiger charge is 2.28. The topological polar surface area (TPSA) is 84.9 Å². The summed E-state index contributed by atoms with van der Waals surface area (Å²) in [6, 6.07) is -0.563. The molecule has 0 aromatic heterocycles. The van der Waals surface area contributed by atoms with Crippen LogP contribution in [0, 0.1) is 0 Å². The lowest BCUT2D eigenvalue weighted by Crippen LogP contribution is -2.36. The van der Waals surface area contributed by atoms with E-state index in [-0.39, 0.29) is 19.1 Å². The highest BCUT2D eigenvalue weighted by Crippen LogP contribution is 2.08. The summed E-state index contributed by atoms with van der Waals surface area (Å²) in [5.41, 5.74) is 0. The van der Waals surface area contributed by atoms with E-state index in [1.165, 1.54) is 7.11 Å². The van der Waals surface area contributed by atoms with Gasteiger partial charge in [0.1, 0.15) is 18.8 Å². The van der Waals surface area contributed by atoms with Crippen molar-refractivity contribution in [3.05, 3.63) is 0 Å². The fourth-order valence-corrected chi connectivity index (χ4v) is 1.31. The Bertz CT molecular complexity index is 243. The van der Waals surface area contributed by atoms with Crippen LogP contribution in [0.3, 0.4) is 0 Å². The van der Waals surface area contributed by atoms with E-state index in [4.69, 9.17) is 4.74 Å². The Balaban J connectivity index is 2.21. The second kappa shape index (κ2) is 5.67. The first-order chi connectivity index (χ1) is 7.13. The molecule has 0 aliphatic carbocycles. The molecule has 15 heavy (non-hydrogen) atoms. The Kier molecular flexibility index (Phi) is 4.51. The second-order valence-corrected chi connectivity index (χ2v) is 3.40. The second-order valence-electron chi connectivity index (χ2n) is 3.40. The number of carbonyl (C=O) groups is 2. The third kappa shape index (κ3) is 3.85. The van der Waals surface area contributed by atoms with Crippen molar-refractivity contribution >= 4 is 11.9 Å². The lowest BCUT2D eigenvalue weighted by molar-refractivity contribution is -0.150. The molecular formula is C9H15NO5. The molecule has 1 fully saturated rings. The fraction of sp³-hybridized carbons (Fsp3) is 0.778. The number of aliphatic hydroxyl groups excluding tert-OH is 1. The van der Waals surface area contributed by atoms with Crippen molar-refractivity contribution in [2.75, 3.05) is 20.3 Å².